The van der Waals surface area contributed by atoms with Crippen molar-refractivity contribution in [3.8, 4) is 11.5 Å². The van der Waals surface area contributed by atoms with Crippen molar-refractivity contribution in [3.05, 3.63) is 23.8 Å². The number of rotatable bonds is 7. The normalized spacial score (nSPS) is 10.4. The summed E-state index contributed by atoms with van der Waals surface area (Å²) in [4.78, 5) is 13.8. The molecule has 0 saturated carbocycles. The Bertz CT molecular complexity index is 395. The van der Waals surface area contributed by atoms with Crippen LogP contribution in [-0.4, -0.2) is 54.4 Å². The van der Waals surface area contributed by atoms with E-state index in [2.05, 4.69) is 0 Å². The third-order valence-electron chi connectivity index (χ3n) is 2.72. The van der Waals surface area contributed by atoms with Crippen molar-refractivity contribution >= 4 is 5.91 Å². The molecule has 0 bridgehead atoms. The molecule has 1 aromatic carbocycles. The van der Waals surface area contributed by atoms with Crippen LogP contribution in [0.3, 0.4) is 0 Å². The molecule has 0 spiro atoms. The fraction of sp³-hybridized carbons (Fsp3) is 0.462. The second kappa shape index (κ2) is 7.60. The van der Waals surface area contributed by atoms with Crippen molar-refractivity contribution in [1.82, 2.24) is 4.90 Å². The largest absolute Gasteiger partial charge is 0.507 e. The lowest BCUT2D eigenvalue weighted by Crippen LogP contribution is -2.35. The molecule has 0 aliphatic carbocycles. The first-order chi connectivity index (χ1) is 9.11. The van der Waals surface area contributed by atoms with Gasteiger partial charge in [0.1, 0.15) is 17.1 Å². The predicted octanol–water partition coefficient (Wildman–Crippen LogP) is 0.535. The Morgan fingerprint density at radius 1 is 1.32 bits per heavy atom. The van der Waals surface area contributed by atoms with Gasteiger partial charge in [-0.1, -0.05) is 6.07 Å². The number of phenolic OH excluding ortho intramolecular Hbond substituents is 2. The maximum absolute atomic E-state index is 12.3. The quantitative estimate of drug-likeness (QED) is 0.670. The van der Waals surface area contributed by atoms with E-state index in [1.165, 1.54) is 23.1 Å². The van der Waals surface area contributed by atoms with Crippen LogP contribution in [0.25, 0.3) is 0 Å². The van der Waals surface area contributed by atoms with Gasteiger partial charge in [0.15, 0.2) is 0 Å². The average molecular weight is 268 g/mol. The molecule has 6 nitrogen and oxygen atoms in total. The lowest BCUT2D eigenvalue weighted by molar-refractivity contribution is 0.0688. The number of benzene rings is 1. The Morgan fingerprint density at radius 3 is 2.47 bits per heavy atom. The maximum Gasteiger partial charge on any atom is 0.261 e. The Morgan fingerprint density at radius 2 is 1.95 bits per heavy atom. The smallest absolute Gasteiger partial charge is 0.261 e. The van der Waals surface area contributed by atoms with Crippen LogP contribution in [0.2, 0.25) is 0 Å². The van der Waals surface area contributed by atoms with Crippen LogP contribution < -0.4 is 5.73 Å². The molecule has 1 amide bonds. The molecule has 1 rings (SSSR count). The number of carbonyl (C=O) groups is 1. The van der Waals surface area contributed by atoms with E-state index in [4.69, 9.17) is 10.5 Å². The third-order valence-corrected chi connectivity index (χ3v) is 2.72. The zero-order valence-electron chi connectivity index (χ0n) is 11.0. The van der Waals surface area contributed by atoms with Crippen molar-refractivity contribution in [2.45, 2.75) is 6.42 Å². The summed E-state index contributed by atoms with van der Waals surface area (Å²) in [5.74, 6) is -0.901. The summed E-state index contributed by atoms with van der Waals surface area (Å²) in [7, 11) is 1.54. The molecule has 0 aliphatic rings. The zero-order chi connectivity index (χ0) is 14.3. The highest BCUT2D eigenvalue weighted by atomic mass is 16.5. The van der Waals surface area contributed by atoms with Crippen LogP contribution in [-0.2, 0) is 4.74 Å². The highest BCUT2D eigenvalue weighted by Gasteiger charge is 2.21. The number of nitrogens with two attached hydrogens (primary N) is 1. The molecule has 106 valence electrons. The Labute approximate surface area is 112 Å². The maximum atomic E-state index is 12.3. The first-order valence-electron chi connectivity index (χ1n) is 6.11. The minimum atomic E-state index is -0.430. The van der Waals surface area contributed by atoms with E-state index in [1.807, 2.05) is 0 Å². The first kappa shape index (κ1) is 15.3. The minimum Gasteiger partial charge on any atom is -0.507 e. The van der Waals surface area contributed by atoms with Crippen molar-refractivity contribution in [2.24, 2.45) is 5.73 Å². The molecule has 0 radical (unpaired) electrons. The molecule has 0 fully saturated rings. The number of nitrogens with zero attached hydrogens (tertiary/aromatic N) is 1. The second-order valence-corrected chi connectivity index (χ2v) is 4.10. The van der Waals surface area contributed by atoms with Crippen molar-refractivity contribution in [2.75, 3.05) is 33.4 Å². The molecule has 6 heteroatoms. The van der Waals surface area contributed by atoms with Gasteiger partial charge in [-0.3, -0.25) is 4.79 Å². The summed E-state index contributed by atoms with van der Waals surface area (Å²) in [6.07, 6.45) is 0.643. The average Bonchev–Trinajstić information content (AvgIpc) is 2.38. The number of ether oxygens (including phenoxy) is 1. The molecule has 0 atom stereocenters. The molecule has 19 heavy (non-hydrogen) atoms. The van der Waals surface area contributed by atoms with Gasteiger partial charge in [0.25, 0.3) is 5.91 Å². The molecule has 0 heterocycles. The highest BCUT2D eigenvalue weighted by Crippen LogP contribution is 2.27. The number of carbonyl (C=O) groups excluding carboxylic acids is 1. The topological polar surface area (TPSA) is 96.0 Å². The van der Waals surface area contributed by atoms with E-state index >= 15 is 0 Å². The first-order valence-corrected chi connectivity index (χ1v) is 6.11. The Balaban J connectivity index is 2.91. The lowest BCUT2D eigenvalue weighted by Gasteiger charge is -2.23. The predicted molar refractivity (Wildman–Crippen MR) is 71.2 cm³/mol. The highest BCUT2D eigenvalue weighted by molar-refractivity contribution is 5.99. The number of methoxy groups -OCH3 is 1. The van der Waals surface area contributed by atoms with E-state index in [1.54, 1.807) is 7.11 Å². The second-order valence-electron chi connectivity index (χ2n) is 4.10. The monoisotopic (exact) mass is 268 g/mol. The summed E-state index contributed by atoms with van der Waals surface area (Å²) in [5, 5.41) is 19.4. The SMILES string of the molecule is COCCN(CCCN)C(=O)c1c(O)cccc1O. The Hall–Kier alpha value is -1.79. The van der Waals surface area contributed by atoms with Crippen LogP contribution in [0.4, 0.5) is 0 Å². The van der Waals surface area contributed by atoms with Crippen molar-refractivity contribution < 1.29 is 19.7 Å². The summed E-state index contributed by atoms with van der Waals surface area (Å²) < 4.78 is 4.95. The molecular formula is C13H20N2O4. The third kappa shape index (κ3) is 4.11. The molecular weight excluding hydrogens is 248 g/mol. The summed E-state index contributed by atoms with van der Waals surface area (Å²) in [6.45, 7) is 1.67. The van der Waals surface area contributed by atoms with Crippen LogP contribution in [0.5, 0.6) is 11.5 Å². The van der Waals surface area contributed by atoms with Gasteiger partial charge in [0.05, 0.1) is 6.61 Å². The van der Waals surface area contributed by atoms with E-state index in [0.717, 1.165) is 0 Å². The molecule has 0 unspecified atom stereocenters. The number of phenols is 2. The van der Waals surface area contributed by atoms with Gasteiger partial charge in [0.2, 0.25) is 0 Å². The van der Waals surface area contributed by atoms with Crippen LogP contribution in [0, 0.1) is 0 Å². The molecule has 4 N–H and O–H groups in total. The number of amides is 1. The zero-order valence-corrected chi connectivity index (χ0v) is 11.0. The van der Waals surface area contributed by atoms with Gasteiger partial charge in [-0.15, -0.1) is 0 Å². The Kier molecular flexibility index (Phi) is 6.11. The number of aromatic hydroxyl groups is 2. The van der Waals surface area contributed by atoms with Gasteiger partial charge < -0.3 is 25.6 Å². The van der Waals surface area contributed by atoms with Gasteiger partial charge in [0, 0.05) is 20.2 Å². The number of hydrogen-bond donors (Lipinski definition) is 3. The van der Waals surface area contributed by atoms with Crippen molar-refractivity contribution in [3.63, 3.8) is 0 Å². The molecule has 1 aromatic rings. The van der Waals surface area contributed by atoms with Crippen LogP contribution in [0.1, 0.15) is 16.8 Å². The van der Waals surface area contributed by atoms with Crippen LogP contribution >= 0.6 is 0 Å². The number of hydrogen-bond acceptors (Lipinski definition) is 5. The molecule has 0 saturated heterocycles. The van der Waals surface area contributed by atoms with Crippen molar-refractivity contribution in [1.29, 1.82) is 0 Å². The standard InChI is InChI=1S/C13H20N2O4/c1-19-9-8-15(7-3-6-14)13(18)12-10(16)4-2-5-11(12)17/h2,4-5,16-17H,3,6-9,14H2,1H3. The van der Waals surface area contributed by atoms with Gasteiger partial charge in [-0.05, 0) is 25.1 Å². The van der Waals surface area contributed by atoms with Crippen LogP contribution in [0.15, 0.2) is 18.2 Å². The van der Waals surface area contributed by atoms with E-state index in [9.17, 15) is 15.0 Å². The fourth-order valence-corrected chi connectivity index (χ4v) is 1.70. The molecule has 0 aliphatic heterocycles. The fourth-order valence-electron chi connectivity index (χ4n) is 1.70. The lowest BCUT2D eigenvalue weighted by atomic mass is 10.1. The molecule has 0 aromatic heterocycles. The van der Waals surface area contributed by atoms with Gasteiger partial charge in [-0.25, -0.2) is 0 Å². The summed E-state index contributed by atoms with van der Waals surface area (Å²) in [6, 6.07) is 4.20. The summed E-state index contributed by atoms with van der Waals surface area (Å²) in [5.41, 5.74) is 5.35. The van der Waals surface area contributed by atoms with Gasteiger partial charge >= 0.3 is 0 Å². The summed E-state index contributed by atoms with van der Waals surface area (Å²) >= 11 is 0. The minimum absolute atomic E-state index is 0.0874. The van der Waals surface area contributed by atoms with Gasteiger partial charge in [-0.2, -0.15) is 0 Å². The van der Waals surface area contributed by atoms with E-state index < -0.39 is 5.91 Å². The van der Waals surface area contributed by atoms with E-state index in [-0.39, 0.29) is 17.1 Å². The van der Waals surface area contributed by atoms with E-state index in [0.29, 0.717) is 32.7 Å².